The lowest BCUT2D eigenvalue weighted by Crippen LogP contribution is -2.43. The number of rotatable bonds is 6. The Hall–Kier alpha value is -1.79. The monoisotopic (exact) mass is 409 g/mol. The minimum absolute atomic E-state index is 0.00433. The van der Waals surface area contributed by atoms with Crippen LogP contribution >= 0.6 is 11.6 Å². The summed E-state index contributed by atoms with van der Waals surface area (Å²) >= 11 is 5.86. The van der Waals surface area contributed by atoms with Crippen molar-refractivity contribution in [3.05, 3.63) is 29.3 Å². The van der Waals surface area contributed by atoms with E-state index < -0.39 is 5.60 Å². The van der Waals surface area contributed by atoms with Crippen molar-refractivity contribution in [3.8, 4) is 0 Å². The van der Waals surface area contributed by atoms with Gasteiger partial charge in [0.05, 0.1) is 0 Å². The maximum atomic E-state index is 12.2. The van der Waals surface area contributed by atoms with E-state index in [4.69, 9.17) is 16.3 Å². The summed E-state index contributed by atoms with van der Waals surface area (Å²) in [6, 6.07) is 7.11. The number of hydrogen-bond acceptors (Lipinski definition) is 4. The maximum absolute atomic E-state index is 12.2. The van der Waals surface area contributed by atoms with Crippen molar-refractivity contribution in [2.45, 2.75) is 45.6 Å². The van der Waals surface area contributed by atoms with Crippen LogP contribution in [0.5, 0.6) is 0 Å². The number of nitrogens with zero attached hydrogens (tertiary/aromatic N) is 2. The molecule has 1 aromatic carbocycles. The molecule has 2 amide bonds. The average Bonchev–Trinajstić information content (AvgIpc) is 2.61. The molecule has 1 aliphatic rings. The van der Waals surface area contributed by atoms with Gasteiger partial charge in [0.15, 0.2) is 0 Å². The summed E-state index contributed by atoms with van der Waals surface area (Å²) in [5.74, 6) is 0.390. The van der Waals surface area contributed by atoms with Gasteiger partial charge in [-0.25, -0.2) is 4.79 Å². The maximum Gasteiger partial charge on any atom is 0.410 e. The zero-order chi connectivity index (χ0) is 20.7. The largest absolute Gasteiger partial charge is 0.444 e. The van der Waals surface area contributed by atoms with Gasteiger partial charge in [-0.3, -0.25) is 4.79 Å². The molecule has 0 bridgehead atoms. The van der Waals surface area contributed by atoms with E-state index in [0.29, 0.717) is 30.5 Å². The summed E-state index contributed by atoms with van der Waals surface area (Å²) < 4.78 is 5.42. The van der Waals surface area contributed by atoms with Crippen molar-refractivity contribution in [1.29, 1.82) is 0 Å². The molecule has 0 aliphatic carbocycles. The smallest absolute Gasteiger partial charge is 0.410 e. The summed E-state index contributed by atoms with van der Waals surface area (Å²) in [6.45, 7) is 8.87. The molecule has 7 heteroatoms. The molecule has 2 rings (SSSR count). The number of benzene rings is 1. The van der Waals surface area contributed by atoms with Crippen LogP contribution in [0.2, 0.25) is 5.02 Å². The van der Waals surface area contributed by atoms with Gasteiger partial charge in [-0.2, -0.15) is 0 Å². The molecule has 1 unspecified atom stereocenters. The van der Waals surface area contributed by atoms with Crippen molar-refractivity contribution in [1.82, 2.24) is 9.80 Å². The van der Waals surface area contributed by atoms with E-state index in [0.717, 1.165) is 31.6 Å². The molecule has 1 N–H and O–H groups in total. The molecule has 1 aromatic rings. The Bertz CT molecular complexity index is 658. The first-order chi connectivity index (χ1) is 13.1. The van der Waals surface area contributed by atoms with Crippen molar-refractivity contribution in [3.63, 3.8) is 0 Å². The van der Waals surface area contributed by atoms with Gasteiger partial charge in [0.1, 0.15) is 5.60 Å². The molecule has 0 radical (unpaired) electrons. The number of carbonyl (C=O) groups is 2. The Balaban J connectivity index is 1.74. The Morgan fingerprint density at radius 2 is 1.96 bits per heavy atom. The summed E-state index contributed by atoms with van der Waals surface area (Å²) in [4.78, 5) is 28.3. The van der Waals surface area contributed by atoms with E-state index >= 15 is 0 Å². The average molecular weight is 410 g/mol. The van der Waals surface area contributed by atoms with Gasteiger partial charge in [-0.15, -0.1) is 0 Å². The summed E-state index contributed by atoms with van der Waals surface area (Å²) in [5.41, 5.74) is 0.270. The molecule has 0 aromatic heterocycles. The van der Waals surface area contributed by atoms with Crippen LogP contribution in [-0.4, -0.2) is 60.6 Å². The minimum Gasteiger partial charge on any atom is -0.444 e. The molecular weight excluding hydrogens is 378 g/mol. The van der Waals surface area contributed by atoms with E-state index in [2.05, 4.69) is 10.2 Å². The normalized spacial score (nSPS) is 17.8. The number of anilines is 1. The predicted octanol–water partition coefficient (Wildman–Crippen LogP) is 4.25. The number of nitrogens with one attached hydrogen (secondary N) is 1. The fourth-order valence-corrected chi connectivity index (χ4v) is 3.45. The van der Waals surface area contributed by atoms with Crippen LogP contribution < -0.4 is 5.32 Å². The lowest BCUT2D eigenvalue weighted by atomic mass is 9.97. The van der Waals surface area contributed by atoms with Gasteiger partial charge >= 0.3 is 6.09 Å². The standard InChI is InChI=1S/C21H32ClN3O3/c1-21(2,3)28-20(27)24(4)14-16-6-5-12-25(15-16)13-11-19(26)23-18-9-7-17(22)8-10-18/h7-10,16H,5-6,11-15H2,1-4H3,(H,23,26). The second-order valence-electron chi connectivity index (χ2n) is 8.47. The third-order valence-electron chi connectivity index (χ3n) is 4.62. The molecule has 6 nitrogen and oxygen atoms in total. The summed E-state index contributed by atoms with van der Waals surface area (Å²) in [5, 5.41) is 3.54. The SMILES string of the molecule is CN(CC1CCCN(CCC(=O)Nc2ccc(Cl)cc2)C1)C(=O)OC(C)(C)C. The van der Waals surface area contributed by atoms with E-state index in [-0.39, 0.29) is 12.0 Å². The molecule has 1 fully saturated rings. The van der Waals surface area contributed by atoms with Crippen LogP contribution in [0.1, 0.15) is 40.0 Å². The lowest BCUT2D eigenvalue weighted by Gasteiger charge is -2.35. The Morgan fingerprint density at radius 1 is 1.29 bits per heavy atom. The number of likely N-dealkylation sites (tertiary alicyclic amines) is 1. The van der Waals surface area contributed by atoms with Crippen LogP contribution in [-0.2, 0) is 9.53 Å². The zero-order valence-electron chi connectivity index (χ0n) is 17.3. The molecular formula is C21H32ClN3O3. The Labute approximate surface area is 173 Å². The Kier molecular flexibility index (Phi) is 8.13. The molecule has 0 spiro atoms. The minimum atomic E-state index is -0.485. The number of halogens is 1. The van der Waals surface area contributed by atoms with Crippen LogP contribution in [0.25, 0.3) is 0 Å². The Morgan fingerprint density at radius 3 is 2.61 bits per heavy atom. The van der Waals surface area contributed by atoms with Gasteiger partial charge < -0.3 is 19.9 Å². The van der Waals surface area contributed by atoms with Crippen LogP contribution in [0, 0.1) is 5.92 Å². The first-order valence-electron chi connectivity index (χ1n) is 9.84. The quantitative estimate of drug-likeness (QED) is 0.763. The molecule has 1 heterocycles. The first-order valence-corrected chi connectivity index (χ1v) is 10.2. The topological polar surface area (TPSA) is 61.9 Å². The molecule has 1 aliphatic heterocycles. The van der Waals surface area contributed by atoms with Gasteiger partial charge in [0.25, 0.3) is 0 Å². The highest BCUT2D eigenvalue weighted by Crippen LogP contribution is 2.19. The number of amides is 2. The second-order valence-corrected chi connectivity index (χ2v) is 8.91. The van der Waals surface area contributed by atoms with Gasteiger partial charge in [-0.1, -0.05) is 11.6 Å². The fraction of sp³-hybridized carbons (Fsp3) is 0.619. The third kappa shape index (κ3) is 8.07. The highest BCUT2D eigenvalue weighted by Gasteiger charge is 2.25. The number of carbonyl (C=O) groups excluding carboxylic acids is 2. The molecule has 0 saturated carbocycles. The first kappa shape index (κ1) is 22.5. The zero-order valence-corrected chi connectivity index (χ0v) is 18.1. The molecule has 156 valence electrons. The van der Waals surface area contributed by atoms with E-state index in [1.54, 1.807) is 36.2 Å². The highest BCUT2D eigenvalue weighted by molar-refractivity contribution is 6.30. The molecule has 1 saturated heterocycles. The predicted molar refractivity (Wildman–Crippen MR) is 113 cm³/mol. The summed E-state index contributed by atoms with van der Waals surface area (Å²) in [7, 11) is 1.78. The van der Waals surface area contributed by atoms with Gasteiger partial charge in [-0.05, 0) is 70.3 Å². The lowest BCUT2D eigenvalue weighted by molar-refractivity contribution is -0.116. The van der Waals surface area contributed by atoms with Gasteiger partial charge in [0.2, 0.25) is 5.91 Å². The fourth-order valence-electron chi connectivity index (χ4n) is 3.32. The van der Waals surface area contributed by atoms with Crippen LogP contribution in [0.3, 0.4) is 0 Å². The van der Waals surface area contributed by atoms with Crippen LogP contribution in [0.15, 0.2) is 24.3 Å². The number of piperidine rings is 1. The summed E-state index contributed by atoms with van der Waals surface area (Å²) in [6.07, 6.45) is 2.32. The van der Waals surface area contributed by atoms with Crippen molar-refractivity contribution in [2.75, 3.05) is 38.5 Å². The van der Waals surface area contributed by atoms with Crippen molar-refractivity contribution < 1.29 is 14.3 Å². The molecule has 28 heavy (non-hydrogen) atoms. The van der Waals surface area contributed by atoms with Crippen LogP contribution in [0.4, 0.5) is 10.5 Å². The highest BCUT2D eigenvalue weighted by atomic mass is 35.5. The van der Waals surface area contributed by atoms with E-state index in [9.17, 15) is 9.59 Å². The number of ether oxygens (including phenoxy) is 1. The van der Waals surface area contributed by atoms with Crippen molar-refractivity contribution >= 4 is 29.3 Å². The van der Waals surface area contributed by atoms with Gasteiger partial charge in [0, 0.05) is 43.8 Å². The van der Waals surface area contributed by atoms with Crippen molar-refractivity contribution in [2.24, 2.45) is 5.92 Å². The number of hydrogen-bond donors (Lipinski definition) is 1. The molecule has 1 atom stereocenters. The van der Waals surface area contributed by atoms with E-state index in [1.807, 2.05) is 20.8 Å². The second kappa shape index (κ2) is 10.1. The third-order valence-corrected chi connectivity index (χ3v) is 4.88. The van der Waals surface area contributed by atoms with E-state index in [1.165, 1.54) is 0 Å².